The predicted molar refractivity (Wildman–Crippen MR) is 78.1 cm³/mol. The average molecular weight is 341 g/mol. The largest absolute Gasteiger partial charge is 0.249 e. The first-order chi connectivity index (χ1) is 8.63. The lowest BCUT2D eigenvalue weighted by Crippen LogP contribution is -1.90. The Bertz CT molecular complexity index is 741. The van der Waals surface area contributed by atoms with E-state index in [9.17, 15) is 0 Å². The van der Waals surface area contributed by atoms with Gasteiger partial charge in [0, 0.05) is 16.1 Å². The standard InChI is InChI=1S/C12H7BrClN3S/c1-6-15-5-10(18-6)12-16-9-3-2-7(13)4-8(9)11(14)17-12/h2-5H,1H3. The molecule has 0 aliphatic heterocycles. The first-order valence-corrected chi connectivity index (χ1v) is 7.18. The van der Waals surface area contributed by atoms with Crippen molar-refractivity contribution in [1.29, 1.82) is 0 Å². The summed E-state index contributed by atoms with van der Waals surface area (Å²) in [5.74, 6) is 0.625. The van der Waals surface area contributed by atoms with Gasteiger partial charge < -0.3 is 0 Å². The average Bonchev–Trinajstić information content (AvgIpc) is 2.77. The van der Waals surface area contributed by atoms with E-state index in [0.717, 1.165) is 25.3 Å². The van der Waals surface area contributed by atoms with E-state index in [4.69, 9.17) is 11.6 Å². The molecular weight excluding hydrogens is 334 g/mol. The smallest absolute Gasteiger partial charge is 0.173 e. The predicted octanol–water partition coefficient (Wildman–Crippen LogP) is 4.48. The Morgan fingerprint density at radius 1 is 1.28 bits per heavy atom. The molecule has 2 heterocycles. The topological polar surface area (TPSA) is 38.7 Å². The molecule has 90 valence electrons. The van der Waals surface area contributed by atoms with Crippen LogP contribution in [0.2, 0.25) is 5.15 Å². The van der Waals surface area contributed by atoms with Gasteiger partial charge in [0.05, 0.1) is 15.4 Å². The normalized spacial score (nSPS) is 11.1. The summed E-state index contributed by atoms with van der Waals surface area (Å²) >= 11 is 11.2. The number of nitrogens with zero attached hydrogens (tertiary/aromatic N) is 3. The van der Waals surface area contributed by atoms with E-state index in [1.165, 1.54) is 0 Å². The summed E-state index contributed by atoms with van der Waals surface area (Å²) in [6, 6.07) is 5.77. The Morgan fingerprint density at radius 2 is 2.11 bits per heavy atom. The minimum Gasteiger partial charge on any atom is -0.249 e. The third kappa shape index (κ3) is 2.13. The van der Waals surface area contributed by atoms with Crippen LogP contribution in [0.3, 0.4) is 0 Å². The molecule has 0 saturated carbocycles. The van der Waals surface area contributed by atoms with Gasteiger partial charge in [-0.2, -0.15) is 0 Å². The second-order valence-corrected chi connectivity index (χ2v) is 6.25. The summed E-state index contributed by atoms with van der Waals surface area (Å²) in [5.41, 5.74) is 0.833. The Kier molecular flexibility index (Phi) is 3.05. The van der Waals surface area contributed by atoms with E-state index < -0.39 is 0 Å². The number of hydrogen-bond acceptors (Lipinski definition) is 4. The maximum Gasteiger partial charge on any atom is 0.173 e. The molecule has 0 N–H and O–H groups in total. The van der Waals surface area contributed by atoms with Crippen LogP contribution in [0.1, 0.15) is 5.01 Å². The molecule has 2 aromatic heterocycles. The van der Waals surface area contributed by atoms with Gasteiger partial charge in [0.25, 0.3) is 0 Å². The van der Waals surface area contributed by atoms with Crippen molar-refractivity contribution in [3.63, 3.8) is 0 Å². The summed E-state index contributed by atoms with van der Waals surface area (Å²) in [6.07, 6.45) is 1.77. The molecule has 0 fully saturated rings. The highest BCUT2D eigenvalue weighted by Gasteiger charge is 2.10. The number of aryl methyl sites for hydroxylation is 1. The number of hydrogen-bond donors (Lipinski definition) is 0. The van der Waals surface area contributed by atoms with Crippen molar-refractivity contribution in [2.45, 2.75) is 6.92 Å². The SMILES string of the molecule is Cc1ncc(-c2nc(Cl)c3cc(Br)ccc3n2)s1. The van der Waals surface area contributed by atoms with Gasteiger partial charge in [-0.1, -0.05) is 27.5 Å². The molecule has 0 aliphatic carbocycles. The van der Waals surface area contributed by atoms with E-state index >= 15 is 0 Å². The molecule has 6 heteroatoms. The lowest BCUT2D eigenvalue weighted by molar-refractivity contribution is 1.23. The second kappa shape index (κ2) is 4.57. The van der Waals surface area contributed by atoms with Gasteiger partial charge in [0.15, 0.2) is 5.82 Å². The van der Waals surface area contributed by atoms with Crippen LogP contribution in [0.4, 0.5) is 0 Å². The minimum absolute atomic E-state index is 0.461. The number of aromatic nitrogens is 3. The minimum atomic E-state index is 0.461. The third-order valence-corrected chi connectivity index (χ3v) is 4.14. The molecule has 0 bridgehead atoms. The quantitative estimate of drug-likeness (QED) is 0.613. The van der Waals surface area contributed by atoms with Crippen molar-refractivity contribution < 1.29 is 0 Å². The molecule has 0 amide bonds. The van der Waals surface area contributed by atoms with Crippen molar-refractivity contribution in [2.75, 3.05) is 0 Å². The highest BCUT2D eigenvalue weighted by molar-refractivity contribution is 9.10. The first kappa shape index (κ1) is 12.0. The van der Waals surface area contributed by atoms with Gasteiger partial charge in [-0.25, -0.2) is 15.0 Å². The number of halogens is 2. The van der Waals surface area contributed by atoms with E-state index in [-0.39, 0.29) is 0 Å². The van der Waals surface area contributed by atoms with E-state index in [0.29, 0.717) is 11.0 Å². The highest BCUT2D eigenvalue weighted by Crippen LogP contribution is 2.29. The molecular formula is C12H7BrClN3S. The zero-order valence-corrected chi connectivity index (χ0v) is 12.5. The van der Waals surface area contributed by atoms with Crippen molar-refractivity contribution in [2.24, 2.45) is 0 Å². The maximum absolute atomic E-state index is 6.20. The second-order valence-electron chi connectivity index (χ2n) is 3.74. The highest BCUT2D eigenvalue weighted by atomic mass is 79.9. The van der Waals surface area contributed by atoms with Crippen LogP contribution in [-0.4, -0.2) is 15.0 Å². The Hall–Kier alpha value is -1.04. The number of benzene rings is 1. The molecule has 0 spiro atoms. The molecule has 0 unspecified atom stereocenters. The molecule has 0 radical (unpaired) electrons. The van der Waals surface area contributed by atoms with Gasteiger partial charge in [0.1, 0.15) is 5.15 Å². The maximum atomic E-state index is 6.20. The molecule has 0 aliphatic rings. The van der Waals surface area contributed by atoms with E-state index in [1.54, 1.807) is 17.5 Å². The lowest BCUT2D eigenvalue weighted by atomic mass is 10.2. The van der Waals surface area contributed by atoms with Crippen molar-refractivity contribution in [3.8, 4) is 10.7 Å². The van der Waals surface area contributed by atoms with Crippen LogP contribution in [0.5, 0.6) is 0 Å². The summed E-state index contributed by atoms with van der Waals surface area (Å²) in [6.45, 7) is 1.95. The monoisotopic (exact) mass is 339 g/mol. The Morgan fingerprint density at radius 3 is 2.83 bits per heavy atom. The van der Waals surface area contributed by atoms with Crippen molar-refractivity contribution in [3.05, 3.63) is 39.0 Å². The lowest BCUT2D eigenvalue weighted by Gasteiger charge is -2.03. The van der Waals surface area contributed by atoms with Gasteiger partial charge in [0.2, 0.25) is 0 Å². The van der Waals surface area contributed by atoms with Crippen molar-refractivity contribution in [1.82, 2.24) is 15.0 Å². The molecule has 0 saturated heterocycles. The third-order valence-electron chi connectivity index (χ3n) is 2.45. The zero-order chi connectivity index (χ0) is 12.7. The zero-order valence-electron chi connectivity index (χ0n) is 9.32. The molecule has 3 rings (SSSR count). The number of fused-ring (bicyclic) bond motifs is 1. The van der Waals surface area contributed by atoms with Crippen LogP contribution in [0.15, 0.2) is 28.9 Å². The fraction of sp³-hybridized carbons (Fsp3) is 0.0833. The van der Waals surface area contributed by atoms with E-state index in [2.05, 4.69) is 30.9 Å². The van der Waals surface area contributed by atoms with Crippen LogP contribution in [-0.2, 0) is 0 Å². The van der Waals surface area contributed by atoms with Crippen LogP contribution < -0.4 is 0 Å². The number of rotatable bonds is 1. The van der Waals surface area contributed by atoms with Gasteiger partial charge in [-0.05, 0) is 25.1 Å². The molecule has 3 nitrogen and oxygen atoms in total. The Labute approximate surface area is 121 Å². The van der Waals surface area contributed by atoms with Gasteiger partial charge in [-0.3, -0.25) is 0 Å². The molecule has 0 atom stereocenters. The summed E-state index contributed by atoms with van der Waals surface area (Å²) in [4.78, 5) is 14.0. The van der Waals surface area contributed by atoms with Gasteiger partial charge >= 0.3 is 0 Å². The summed E-state index contributed by atoms with van der Waals surface area (Å²) < 4.78 is 0.960. The molecule has 18 heavy (non-hydrogen) atoms. The number of thiazole rings is 1. The fourth-order valence-electron chi connectivity index (χ4n) is 1.64. The fourth-order valence-corrected chi connectivity index (χ4v) is 2.94. The molecule has 1 aromatic carbocycles. The van der Waals surface area contributed by atoms with Gasteiger partial charge in [-0.15, -0.1) is 11.3 Å². The first-order valence-electron chi connectivity index (χ1n) is 5.19. The van der Waals surface area contributed by atoms with Crippen LogP contribution >= 0.6 is 38.9 Å². The van der Waals surface area contributed by atoms with Crippen LogP contribution in [0.25, 0.3) is 21.6 Å². The van der Waals surface area contributed by atoms with Crippen LogP contribution in [0, 0.1) is 6.92 Å². The summed E-state index contributed by atoms with van der Waals surface area (Å²) in [5, 5.41) is 2.29. The van der Waals surface area contributed by atoms with E-state index in [1.807, 2.05) is 25.1 Å². The molecule has 3 aromatic rings. The summed E-state index contributed by atoms with van der Waals surface area (Å²) in [7, 11) is 0. The Balaban J connectivity index is 2.24. The van der Waals surface area contributed by atoms with Crippen molar-refractivity contribution >= 4 is 49.8 Å².